The third-order valence-corrected chi connectivity index (χ3v) is 6.50. The minimum atomic E-state index is -0.0809. The number of carbonyl (C=O) groups excluding carboxylic acids is 2. The van der Waals surface area contributed by atoms with Crippen LogP contribution in [0.1, 0.15) is 31.2 Å². The zero-order chi connectivity index (χ0) is 18.1. The van der Waals surface area contributed by atoms with E-state index in [2.05, 4.69) is 17.3 Å². The summed E-state index contributed by atoms with van der Waals surface area (Å²) in [5.74, 6) is 0.540. The number of amides is 2. The molecule has 1 aromatic carbocycles. The van der Waals surface area contributed by atoms with Crippen molar-refractivity contribution in [2.75, 3.05) is 33.2 Å². The average molecular weight is 355 g/mol. The quantitative estimate of drug-likeness (QED) is 0.897. The third-order valence-electron chi connectivity index (χ3n) is 6.50. The van der Waals surface area contributed by atoms with E-state index < -0.39 is 0 Å². The molecular weight excluding hydrogens is 326 g/mol. The number of hydrogen-bond donors (Lipinski definition) is 1. The van der Waals surface area contributed by atoms with Crippen molar-refractivity contribution in [3.8, 4) is 0 Å². The van der Waals surface area contributed by atoms with Crippen molar-refractivity contribution in [1.82, 2.24) is 15.1 Å². The summed E-state index contributed by atoms with van der Waals surface area (Å²) < 4.78 is 0. The van der Waals surface area contributed by atoms with Crippen LogP contribution < -0.4 is 5.32 Å². The molecule has 5 nitrogen and oxygen atoms in total. The molecule has 1 saturated carbocycles. The largest absolute Gasteiger partial charge is 0.352 e. The highest BCUT2D eigenvalue weighted by Gasteiger charge is 2.53. The Bertz CT molecular complexity index is 663. The molecule has 0 radical (unpaired) electrons. The molecule has 0 bridgehead atoms. The van der Waals surface area contributed by atoms with Gasteiger partial charge in [0.25, 0.3) is 0 Å². The fraction of sp³-hybridized carbons (Fsp3) is 0.619. The predicted molar refractivity (Wildman–Crippen MR) is 100 cm³/mol. The maximum Gasteiger partial charge on any atom is 0.225 e. The number of rotatable bonds is 4. The summed E-state index contributed by atoms with van der Waals surface area (Å²) in [6.07, 6.45) is 4.05. The predicted octanol–water partition coefficient (Wildman–Crippen LogP) is 1.88. The maximum absolute atomic E-state index is 13.1. The lowest BCUT2D eigenvalue weighted by Gasteiger charge is -2.40. The van der Waals surface area contributed by atoms with Gasteiger partial charge in [0.05, 0.1) is 5.92 Å². The van der Waals surface area contributed by atoms with Crippen molar-refractivity contribution in [3.05, 3.63) is 35.9 Å². The molecule has 1 aromatic rings. The van der Waals surface area contributed by atoms with E-state index in [1.165, 1.54) is 0 Å². The van der Waals surface area contributed by atoms with Gasteiger partial charge in [-0.2, -0.15) is 0 Å². The molecule has 140 valence electrons. The second-order valence-electron chi connectivity index (χ2n) is 8.41. The van der Waals surface area contributed by atoms with Crippen LogP contribution in [0.3, 0.4) is 0 Å². The molecule has 2 heterocycles. The molecule has 1 aliphatic carbocycles. The Morgan fingerprint density at radius 2 is 1.85 bits per heavy atom. The summed E-state index contributed by atoms with van der Waals surface area (Å²) >= 11 is 0. The van der Waals surface area contributed by atoms with Gasteiger partial charge in [0.1, 0.15) is 0 Å². The highest BCUT2D eigenvalue weighted by Crippen LogP contribution is 2.46. The average Bonchev–Trinajstić information content (AvgIpc) is 3.45. The van der Waals surface area contributed by atoms with Gasteiger partial charge in [-0.1, -0.05) is 30.3 Å². The summed E-state index contributed by atoms with van der Waals surface area (Å²) in [6, 6.07) is 10.0. The van der Waals surface area contributed by atoms with Gasteiger partial charge >= 0.3 is 0 Å². The third kappa shape index (κ3) is 3.50. The van der Waals surface area contributed by atoms with Gasteiger partial charge in [-0.3, -0.25) is 9.59 Å². The van der Waals surface area contributed by atoms with Crippen molar-refractivity contribution in [2.45, 2.75) is 32.2 Å². The zero-order valence-electron chi connectivity index (χ0n) is 15.6. The van der Waals surface area contributed by atoms with Crippen molar-refractivity contribution in [3.63, 3.8) is 0 Å². The zero-order valence-corrected chi connectivity index (χ0v) is 15.6. The highest BCUT2D eigenvalue weighted by molar-refractivity contribution is 5.85. The lowest BCUT2D eigenvalue weighted by atomic mass is 9.70. The molecule has 2 saturated heterocycles. The van der Waals surface area contributed by atoms with Crippen LogP contribution in [0.2, 0.25) is 0 Å². The van der Waals surface area contributed by atoms with Gasteiger partial charge in [-0.05, 0) is 51.4 Å². The number of hydrogen-bond acceptors (Lipinski definition) is 3. The van der Waals surface area contributed by atoms with Gasteiger partial charge in [0, 0.05) is 31.0 Å². The number of nitrogens with one attached hydrogen (secondary N) is 1. The van der Waals surface area contributed by atoms with E-state index in [1.807, 2.05) is 35.2 Å². The van der Waals surface area contributed by atoms with Gasteiger partial charge < -0.3 is 15.1 Å². The fourth-order valence-corrected chi connectivity index (χ4v) is 4.56. The van der Waals surface area contributed by atoms with Gasteiger partial charge in [0.2, 0.25) is 11.8 Å². The second kappa shape index (κ2) is 7.03. The standard InChI is InChI=1S/C21H29N3O2/c1-23-11-9-21(10-12-23)15-24(20(26)17-7-8-17)14-18(21)19(25)22-13-16-5-3-2-4-6-16/h2-6,17-18H,7-15H2,1H3,(H,22,25). The van der Waals surface area contributed by atoms with Crippen LogP contribution in [-0.2, 0) is 16.1 Å². The molecule has 0 aromatic heterocycles. The first-order valence-electron chi connectivity index (χ1n) is 9.86. The molecule has 1 N–H and O–H groups in total. The van der Waals surface area contributed by atoms with Crippen LogP contribution in [0.25, 0.3) is 0 Å². The van der Waals surface area contributed by atoms with Crippen LogP contribution in [0.15, 0.2) is 30.3 Å². The Hall–Kier alpha value is -1.88. The lowest BCUT2D eigenvalue weighted by Crippen LogP contribution is -2.47. The van der Waals surface area contributed by atoms with E-state index in [0.29, 0.717) is 13.1 Å². The lowest BCUT2D eigenvalue weighted by molar-refractivity contribution is -0.132. The van der Waals surface area contributed by atoms with E-state index in [-0.39, 0.29) is 29.1 Å². The molecule has 2 amide bonds. The summed E-state index contributed by atoms with van der Waals surface area (Å²) in [5.41, 5.74) is 1.07. The normalized spacial score (nSPS) is 25.4. The molecule has 5 heteroatoms. The second-order valence-corrected chi connectivity index (χ2v) is 8.41. The van der Waals surface area contributed by atoms with Gasteiger partial charge in [-0.25, -0.2) is 0 Å². The first-order valence-corrected chi connectivity index (χ1v) is 9.86. The van der Waals surface area contributed by atoms with E-state index in [1.54, 1.807) is 0 Å². The monoisotopic (exact) mass is 355 g/mol. The number of benzene rings is 1. The number of carbonyl (C=O) groups is 2. The number of piperidine rings is 1. The highest BCUT2D eigenvalue weighted by atomic mass is 16.2. The van der Waals surface area contributed by atoms with Crippen LogP contribution >= 0.6 is 0 Å². The molecule has 3 fully saturated rings. The molecule has 1 spiro atoms. The van der Waals surface area contributed by atoms with Crippen molar-refractivity contribution in [2.24, 2.45) is 17.3 Å². The van der Waals surface area contributed by atoms with Gasteiger partial charge in [-0.15, -0.1) is 0 Å². The molecule has 3 aliphatic rings. The fourth-order valence-electron chi connectivity index (χ4n) is 4.56. The van der Waals surface area contributed by atoms with Crippen LogP contribution in [0.5, 0.6) is 0 Å². The van der Waals surface area contributed by atoms with Crippen molar-refractivity contribution >= 4 is 11.8 Å². The minimum absolute atomic E-state index is 0.0438. The molecule has 1 atom stereocenters. The molecule has 2 aliphatic heterocycles. The Balaban J connectivity index is 1.47. The molecule has 4 rings (SSSR count). The van der Waals surface area contributed by atoms with E-state index in [4.69, 9.17) is 0 Å². The summed E-state index contributed by atoms with van der Waals surface area (Å²) in [5, 5.41) is 3.14. The molecule has 26 heavy (non-hydrogen) atoms. The van der Waals surface area contributed by atoms with Crippen molar-refractivity contribution < 1.29 is 9.59 Å². The summed E-state index contributed by atoms with van der Waals surface area (Å²) in [7, 11) is 2.14. The maximum atomic E-state index is 13.1. The molecule has 1 unspecified atom stereocenters. The van der Waals surface area contributed by atoms with E-state index >= 15 is 0 Å². The van der Waals surface area contributed by atoms with E-state index in [0.717, 1.165) is 50.9 Å². The Morgan fingerprint density at radius 1 is 1.15 bits per heavy atom. The van der Waals surface area contributed by atoms with Crippen LogP contribution in [0, 0.1) is 17.3 Å². The van der Waals surface area contributed by atoms with Crippen LogP contribution in [0.4, 0.5) is 0 Å². The summed E-state index contributed by atoms with van der Waals surface area (Å²) in [6.45, 7) is 3.93. The number of likely N-dealkylation sites (tertiary alicyclic amines) is 2. The Labute approximate surface area is 155 Å². The number of nitrogens with zero attached hydrogens (tertiary/aromatic N) is 2. The first kappa shape index (κ1) is 17.5. The Kier molecular flexibility index (Phi) is 4.74. The molecular formula is C21H29N3O2. The van der Waals surface area contributed by atoms with Crippen molar-refractivity contribution in [1.29, 1.82) is 0 Å². The smallest absolute Gasteiger partial charge is 0.225 e. The Morgan fingerprint density at radius 3 is 2.50 bits per heavy atom. The van der Waals surface area contributed by atoms with E-state index in [9.17, 15) is 9.59 Å². The summed E-state index contributed by atoms with van der Waals surface area (Å²) in [4.78, 5) is 30.0. The SMILES string of the molecule is CN1CCC2(CC1)CN(C(=O)C1CC1)CC2C(=O)NCc1ccccc1. The van der Waals surface area contributed by atoms with Gasteiger partial charge in [0.15, 0.2) is 0 Å². The minimum Gasteiger partial charge on any atom is -0.352 e. The first-order chi connectivity index (χ1) is 12.6. The topological polar surface area (TPSA) is 52.7 Å². The van der Waals surface area contributed by atoms with Crippen LogP contribution in [-0.4, -0.2) is 54.8 Å².